The zero-order chi connectivity index (χ0) is 18.5. The first-order valence-corrected chi connectivity index (χ1v) is 6.99. The quantitative estimate of drug-likeness (QED) is 0.588. The van der Waals surface area contributed by atoms with E-state index in [1.54, 1.807) is 20.8 Å². The van der Waals surface area contributed by atoms with Crippen molar-refractivity contribution < 1.29 is 29.1 Å². The average Bonchev–Trinajstić information content (AvgIpc) is 2.42. The van der Waals surface area contributed by atoms with Crippen LogP contribution in [0.4, 0.5) is 10.5 Å². The first-order chi connectivity index (χ1) is 11.0. The van der Waals surface area contributed by atoms with Crippen molar-refractivity contribution in [3.8, 4) is 5.88 Å². The molecule has 0 aromatic carbocycles. The first-order valence-electron chi connectivity index (χ1n) is 6.99. The average molecular weight is 341 g/mol. The van der Waals surface area contributed by atoms with Gasteiger partial charge in [-0.15, -0.1) is 0 Å². The second-order valence-corrected chi connectivity index (χ2v) is 5.87. The highest BCUT2D eigenvalue weighted by atomic mass is 16.6. The molecule has 0 bridgehead atoms. The molecule has 1 aromatic rings. The van der Waals surface area contributed by atoms with E-state index in [2.05, 4.69) is 10.3 Å². The third kappa shape index (κ3) is 5.71. The second-order valence-electron chi connectivity index (χ2n) is 5.87. The van der Waals surface area contributed by atoms with Gasteiger partial charge in [0.15, 0.2) is 6.04 Å². The first kappa shape index (κ1) is 19.1. The molecule has 1 aromatic heterocycles. The molecule has 2 atom stereocenters. The maximum Gasteiger partial charge on any atom is 0.408 e. The van der Waals surface area contributed by atoms with Crippen LogP contribution in [0.1, 0.15) is 27.7 Å². The van der Waals surface area contributed by atoms with Crippen LogP contribution in [0, 0.1) is 10.1 Å². The molecule has 24 heavy (non-hydrogen) atoms. The number of rotatable bonds is 6. The lowest BCUT2D eigenvalue weighted by Gasteiger charge is -2.25. The lowest BCUT2D eigenvalue weighted by molar-refractivity contribution is -0.386. The number of pyridine rings is 1. The van der Waals surface area contributed by atoms with Crippen molar-refractivity contribution in [1.29, 1.82) is 0 Å². The monoisotopic (exact) mass is 341 g/mol. The fourth-order valence-electron chi connectivity index (χ4n) is 1.67. The van der Waals surface area contributed by atoms with Gasteiger partial charge in [-0.1, -0.05) is 0 Å². The highest BCUT2D eigenvalue weighted by molar-refractivity contribution is 5.80. The predicted molar refractivity (Wildman–Crippen MR) is 81.8 cm³/mol. The minimum absolute atomic E-state index is 0.341. The predicted octanol–water partition coefficient (Wildman–Crippen LogP) is 1.73. The molecule has 0 unspecified atom stereocenters. The Morgan fingerprint density at radius 1 is 1.42 bits per heavy atom. The molecular formula is C14H19N3O7. The Morgan fingerprint density at radius 3 is 2.54 bits per heavy atom. The summed E-state index contributed by atoms with van der Waals surface area (Å²) in [4.78, 5) is 37.0. The Morgan fingerprint density at radius 2 is 2.04 bits per heavy atom. The van der Waals surface area contributed by atoms with Gasteiger partial charge >= 0.3 is 17.7 Å². The smallest absolute Gasteiger partial charge is 0.408 e. The van der Waals surface area contributed by atoms with E-state index in [4.69, 9.17) is 9.47 Å². The van der Waals surface area contributed by atoms with Gasteiger partial charge < -0.3 is 19.9 Å². The number of hydrogen-bond acceptors (Lipinski definition) is 7. The van der Waals surface area contributed by atoms with E-state index in [-0.39, 0.29) is 5.88 Å². The van der Waals surface area contributed by atoms with Gasteiger partial charge in [0.2, 0.25) is 0 Å². The Hall–Kier alpha value is -2.91. The second kappa shape index (κ2) is 7.57. The van der Waals surface area contributed by atoms with Crippen LogP contribution in [0.3, 0.4) is 0 Å². The third-order valence-electron chi connectivity index (χ3n) is 2.65. The van der Waals surface area contributed by atoms with Gasteiger partial charge in [0.25, 0.3) is 5.88 Å². The summed E-state index contributed by atoms with van der Waals surface area (Å²) in [6.45, 7) is 6.22. The lowest BCUT2D eigenvalue weighted by atomic mass is 10.2. The maximum atomic E-state index is 11.7. The van der Waals surface area contributed by atoms with Crippen LogP contribution in [0.5, 0.6) is 5.88 Å². The van der Waals surface area contributed by atoms with Gasteiger partial charge in [-0.2, -0.15) is 0 Å². The number of carbonyl (C=O) groups excluding carboxylic acids is 1. The van der Waals surface area contributed by atoms with Gasteiger partial charge in [-0.25, -0.2) is 14.6 Å². The van der Waals surface area contributed by atoms with Crippen LogP contribution < -0.4 is 10.1 Å². The molecule has 0 spiro atoms. The van der Waals surface area contributed by atoms with Gasteiger partial charge in [0.05, 0.1) is 4.92 Å². The Labute approximate surface area is 137 Å². The molecule has 132 valence electrons. The summed E-state index contributed by atoms with van der Waals surface area (Å²) in [6.07, 6.45) is -0.809. The lowest BCUT2D eigenvalue weighted by Crippen LogP contribution is -2.51. The van der Waals surface area contributed by atoms with Crippen molar-refractivity contribution in [3.63, 3.8) is 0 Å². The fourth-order valence-corrected chi connectivity index (χ4v) is 1.67. The highest BCUT2D eigenvalue weighted by Crippen LogP contribution is 2.24. The molecule has 0 saturated heterocycles. The summed E-state index contributed by atoms with van der Waals surface area (Å²) in [6, 6.07) is 1.04. The van der Waals surface area contributed by atoms with Crippen molar-refractivity contribution in [2.45, 2.75) is 45.4 Å². The van der Waals surface area contributed by atoms with Crippen molar-refractivity contribution in [1.82, 2.24) is 10.3 Å². The van der Waals surface area contributed by atoms with Crippen molar-refractivity contribution in [3.05, 3.63) is 28.4 Å². The summed E-state index contributed by atoms with van der Waals surface area (Å²) in [5, 5.41) is 22.3. The van der Waals surface area contributed by atoms with E-state index < -0.39 is 40.4 Å². The summed E-state index contributed by atoms with van der Waals surface area (Å²) in [5.74, 6) is -1.72. The van der Waals surface area contributed by atoms with Crippen molar-refractivity contribution in [2.24, 2.45) is 0 Å². The van der Waals surface area contributed by atoms with Crippen molar-refractivity contribution >= 4 is 17.7 Å². The number of carboxylic acid groups (broad SMARTS) is 1. The molecule has 2 N–H and O–H groups in total. The van der Waals surface area contributed by atoms with Crippen molar-refractivity contribution in [2.75, 3.05) is 0 Å². The van der Waals surface area contributed by atoms with Crippen LogP contribution >= 0.6 is 0 Å². The number of aromatic nitrogens is 1. The van der Waals surface area contributed by atoms with Gasteiger partial charge in [0.1, 0.15) is 11.7 Å². The molecule has 0 fully saturated rings. The van der Waals surface area contributed by atoms with E-state index >= 15 is 0 Å². The van der Waals surface area contributed by atoms with Crippen LogP contribution in [0.15, 0.2) is 18.3 Å². The SMILES string of the molecule is C[C@@H](Oc1ncccc1[N+](=O)[O-])[C@H](NC(=O)OC(C)(C)C)C(=O)O. The Balaban J connectivity index is 2.88. The van der Waals surface area contributed by atoms with Gasteiger partial charge in [0, 0.05) is 12.3 Å². The molecule has 1 heterocycles. The molecule has 10 heteroatoms. The molecule has 1 amide bonds. The van der Waals surface area contributed by atoms with Gasteiger partial charge in [-0.3, -0.25) is 10.1 Å². The number of hydrogen-bond donors (Lipinski definition) is 2. The normalized spacial score (nSPS) is 13.5. The third-order valence-corrected chi connectivity index (χ3v) is 2.65. The Bertz CT molecular complexity index is 627. The van der Waals surface area contributed by atoms with Crippen LogP contribution in [0.25, 0.3) is 0 Å². The zero-order valence-corrected chi connectivity index (χ0v) is 13.7. The van der Waals surface area contributed by atoms with E-state index in [9.17, 15) is 24.8 Å². The Kier molecular flexibility index (Phi) is 6.04. The number of ether oxygens (including phenoxy) is 2. The number of aliphatic carboxylic acids is 1. The molecule has 1 rings (SSSR count). The fraction of sp³-hybridized carbons (Fsp3) is 0.500. The molecular weight excluding hydrogens is 322 g/mol. The molecule has 0 saturated carbocycles. The van der Waals surface area contributed by atoms with E-state index in [1.807, 2.05) is 0 Å². The highest BCUT2D eigenvalue weighted by Gasteiger charge is 2.32. The number of carboxylic acids is 1. The summed E-state index contributed by atoms with van der Waals surface area (Å²) >= 11 is 0. The number of nitro groups is 1. The molecule has 0 aliphatic carbocycles. The molecule has 0 aliphatic rings. The topological polar surface area (TPSA) is 141 Å². The number of alkyl carbamates (subject to hydrolysis) is 1. The molecule has 10 nitrogen and oxygen atoms in total. The summed E-state index contributed by atoms with van der Waals surface area (Å²) < 4.78 is 10.2. The van der Waals surface area contributed by atoms with Crippen LogP contribution in [-0.2, 0) is 9.53 Å². The van der Waals surface area contributed by atoms with Crippen LogP contribution in [-0.4, -0.2) is 44.8 Å². The number of carbonyl (C=O) groups is 2. The minimum Gasteiger partial charge on any atom is -0.480 e. The van der Waals surface area contributed by atoms with Gasteiger partial charge in [-0.05, 0) is 33.8 Å². The maximum absolute atomic E-state index is 11.7. The van der Waals surface area contributed by atoms with E-state index in [0.29, 0.717) is 0 Å². The summed E-state index contributed by atoms with van der Waals surface area (Å²) in [5.41, 5.74) is -1.22. The number of nitrogens with zero attached hydrogens (tertiary/aromatic N) is 2. The summed E-state index contributed by atoms with van der Waals surface area (Å²) in [7, 11) is 0. The molecule has 0 radical (unpaired) electrons. The van der Waals surface area contributed by atoms with Crippen LogP contribution in [0.2, 0.25) is 0 Å². The molecule has 0 aliphatic heterocycles. The number of amides is 1. The largest absolute Gasteiger partial charge is 0.480 e. The van der Waals surface area contributed by atoms with E-state index in [1.165, 1.54) is 25.3 Å². The number of nitrogens with one attached hydrogen (secondary N) is 1. The minimum atomic E-state index is -1.48. The van der Waals surface area contributed by atoms with E-state index in [0.717, 1.165) is 0 Å². The standard InChI is InChI=1S/C14H19N3O7/c1-8(23-11-9(17(21)22)6-5-7-15-11)10(12(18)19)16-13(20)24-14(2,3)4/h5-8,10H,1-4H3,(H,16,20)(H,18,19)/t8-,10+/m1/s1. The zero-order valence-electron chi connectivity index (χ0n) is 13.7.